The second kappa shape index (κ2) is 4.86. The molecule has 0 unspecified atom stereocenters. The van der Waals surface area contributed by atoms with Crippen molar-refractivity contribution in [1.29, 1.82) is 0 Å². The zero-order chi connectivity index (χ0) is 12.3. The first-order valence-electron chi connectivity index (χ1n) is 4.31. The van der Waals surface area contributed by atoms with Crippen LogP contribution in [0, 0.1) is 0 Å². The normalized spacial score (nSPS) is 12.8. The van der Waals surface area contributed by atoms with Gasteiger partial charge in [0, 0.05) is 10.0 Å². The van der Waals surface area contributed by atoms with Gasteiger partial charge >= 0.3 is 6.18 Å². The summed E-state index contributed by atoms with van der Waals surface area (Å²) in [6.45, 7) is 1.46. The van der Waals surface area contributed by atoms with E-state index in [-0.39, 0.29) is 11.3 Å². The lowest BCUT2D eigenvalue weighted by Gasteiger charge is -2.12. The number of halogens is 4. The Kier molecular flexibility index (Phi) is 3.96. The Morgan fingerprint density at radius 1 is 1.38 bits per heavy atom. The van der Waals surface area contributed by atoms with Crippen LogP contribution in [0.3, 0.4) is 0 Å². The predicted octanol–water partition coefficient (Wildman–Crippen LogP) is 3.84. The van der Waals surface area contributed by atoms with E-state index in [9.17, 15) is 13.2 Å². The number of alkyl halides is 3. The highest BCUT2D eigenvalue weighted by molar-refractivity contribution is 9.10. The number of hydrogen-bond donors (Lipinski definition) is 0. The summed E-state index contributed by atoms with van der Waals surface area (Å²) >= 11 is 3.12. The lowest BCUT2D eigenvalue weighted by molar-refractivity contribution is -0.137. The lowest BCUT2D eigenvalue weighted by Crippen LogP contribution is -2.12. The quantitative estimate of drug-likeness (QED) is 0.600. The number of nitrogens with zero attached hydrogens (tertiary/aromatic N) is 1. The molecule has 0 atom stereocenters. The Bertz CT molecular complexity index is 415. The molecule has 0 amide bonds. The van der Waals surface area contributed by atoms with Crippen molar-refractivity contribution >= 4 is 21.6 Å². The van der Waals surface area contributed by atoms with Crippen LogP contribution < -0.4 is 0 Å². The van der Waals surface area contributed by atoms with Gasteiger partial charge in [-0.1, -0.05) is 21.1 Å². The minimum Gasteiger partial charge on any atom is -0.399 e. The third kappa shape index (κ3) is 2.98. The maximum absolute atomic E-state index is 12.7. The lowest BCUT2D eigenvalue weighted by atomic mass is 10.0. The maximum atomic E-state index is 12.7. The molecular weight excluding hydrogens is 287 g/mol. The first kappa shape index (κ1) is 13.0. The highest BCUT2D eigenvalue weighted by Crippen LogP contribution is 2.33. The van der Waals surface area contributed by atoms with Gasteiger partial charge < -0.3 is 4.84 Å². The zero-order valence-electron chi connectivity index (χ0n) is 8.60. The maximum Gasteiger partial charge on any atom is 0.417 e. The van der Waals surface area contributed by atoms with Crippen molar-refractivity contribution in [2.45, 2.75) is 13.1 Å². The van der Waals surface area contributed by atoms with E-state index >= 15 is 0 Å². The highest BCUT2D eigenvalue weighted by atomic mass is 79.9. The van der Waals surface area contributed by atoms with Gasteiger partial charge in [-0.15, -0.1) is 0 Å². The molecule has 0 aliphatic carbocycles. The average molecular weight is 296 g/mol. The molecule has 0 heterocycles. The number of rotatable bonds is 2. The van der Waals surface area contributed by atoms with Gasteiger partial charge in [-0.25, -0.2) is 0 Å². The summed E-state index contributed by atoms with van der Waals surface area (Å²) in [6, 6.07) is 3.71. The molecule has 0 spiro atoms. The molecule has 88 valence electrons. The van der Waals surface area contributed by atoms with Crippen LogP contribution in [0.15, 0.2) is 27.8 Å². The fraction of sp³-hybridized carbons (Fsp3) is 0.300. The van der Waals surface area contributed by atoms with Crippen LogP contribution in [0.5, 0.6) is 0 Å². The molecule has 0 bridgehead atoms. The smallest absolute Gasteiger partial charge is 0.399 e. The van der Waals surface area contributed by atoms with Crippen LogP contribution >= 0.6 is 15.9 Å². The van der Waals surface area contributed by atoms with E-state index in [2.05, 4.69) is 25.9 Å². The van der Waals surface area contributed by atoms with E-state index in [1.165, 1.54) is 26.2 Å². The molecule has 0 saturated heterocycles. The fourth-order valence-electron chi connectivity index (χ4n) is 1.25. The van der Waals surface area contributed by atoms with Crippen molar-refractivity contribution < 1.29 is 18.0 Å². The van der Waals surface area contributed by atoms with Crippen molar-refractivity contribution in [2.75, 3.05) is 7.11 Å². The third-order valence-corrected chi connectivity index (χ3v) is 2.40. The molecule has 16 heavy (non-hydrogen) atoms. The molecule has 6 heteroatoms. The molecular formula is C10H9BrF3NO. The Morgan fingerprint density at radius 2 is 2.00 bits per heavy atom. The van der Waals surface area contributed by atoms with E-state index in [0.717, 1.165) is 6.07 Å². The van der Waals surface area contributed by atoms with E-state index in [4.69, 9.17) is 0 Å². The monoisotopic (exact) mass is 295 g/mol. The molecule has 2 nitrogen and oxygen atoms in total. The average Bonchev–Trinajstić information content (AvgIpc) is 2.16. The largest absolute Gasteiger partial charge is 0.417 e. The zero-order valence-corrected chi connectivity index (χ0v) is 10.2. The van der Waals surface area contributed by atoms with Gasteiger partial charge in [0.1, 0.15) is 7.11 Å². The molecule has 0 N–H and O–H groups in total. The van der Waals surface area contributed by atoms with Gasteiger partial charge in [-0.3, -0.25) is 0 Å². The minimum atomic E-state index is -4.40. The van der Waals surface area contributed by atoms with Crippen LogP contribution in [-0.2, 0) is 11.0 Å². The number of hydrogen-bond acceptors (Lipinski definition) is 2. The molecule has 0 aliphatic rings. The van der Waals surface area contributed by atoms with Crippen LogP contribution in [-0.4, -0.2) is 12.8 Å². The summed E-state index contributed by atoms with van der Waals surface area (Å²) in [4.78, 5) is 4.47. The summed E-state index contributed by atoms with van der Waals surface area (Å²) in [5, 5.41) is 3.51. The Labute approximate surface area is 99.2 Å². The number of benzene rings is 1. The Balaban J connectivity index is 3.35. The molecule has 1 aromatic rings. The first-order chi connectivity index (χ1) is 7.36. The van der Waals surface area contributed by atoms with Crippen molar-refractivity contribution in [3.8, 4) is 0 Å². The fourth-order valence-corrected chi connectivity index (χ4v) is 1.61. The van der Waals surface area contributed by atoms with Crippen LogP contribution in [0.1, 0.15) is 18.1 Å². The molecule has 0 aliphatic heterocycles. The van der Waals surface area contributed by atoms with Crippen molar-refractivity contribution in [3.05, 3.63) is 33.8 Å². The summed E-state index contributed by atoms with van der Waals surface area (Å²) < 4.78 is 38.6. The molecule has 0 radical (unpaired) electrons. The second-order valence-corrected chi connectivity index (χ2v) is 3.96. The van der Waals surface area contributed by atoms with E-state index in [1.807, 2.05) is 0 Å². The standard InChI is InChI=1S/C10H9BrF3NO/c1-6(15-16-2)8-5-7(11)3-4-9(8)10(12,13)14/h3-5H,1-2H3/b15-6+. The van der Waals surface area contributed by atoms with Gasteiger partial charge in [0.15, 0.2) is 0 Å². The van der Waals surface area contributed by atoms with Crippen LogP contribution in [0.2, 0.25) is 0 Å². The predicted molar refractivity (Wildman–Crippen MR) is 58.4 cm³/mol. The molecule has 0 saturated carbocycles. The van der Waals surface area contributed by atoms with Crippen molar-refractivity contribution in [3.63, 3.8) is 0 Å². The van der Waals surface area contributed by atoms with Crippen molar-refractivity contribution in [2.24, 2.45) is 5.16 Å². The van der Waals surface area contributed by atoms with Gasteiger partial charge in [0.25, 0.3) is 0 Å². The van der Waals surface area contributed by atoms with Gasteiger partial charge in [-0.2, -0.15) is 13.2 Å². The Morgan fingerprint density at radius 3 is 2.50 bits per heavy atom. The van der Waals surface area contributed by atoms with E-state index in [1.54, 1.807) is 0 Å². The minimum absolute atomic E-state index is 0.00345. The highest BCUT2D eigenvalue weighted by Gasteiger charge is 2.34. The van der Waals surface area contributed by atoms with E-state index in [0.29, 0.717) is 4.47 Å². The SMILES string of the molecule is CO/N=C(\C)c1cc(Br)ccc1C(F)(F)F. The molecule has 0 fully saturated rings. The molecule has 1 rings (SSSR count). The van der Waals surface area contributed by atoms with Gasteiger partial charge in [0.2, 0.25) is 0 Å². The van der Waals surface area contributed by atoms with Crippen LogP contribution in [0.25, 0.3) is 0 Å². The summed E-state index contributed by atoms with van der Waals surface area (Å²) in [5.74, 6) is 0. The molecule has 1 aromatic carbocycles. The topological polar surface area (TPSA) is 21.6 Å². The third-order valence-electron chi connectivity index (χ3n) is 1.91. The summed E-state index contributed by atoms with van der Waals surface area (Å²) in [6.07, 6.45) is -4.40. The Hall–Kier alpha value is -1.04. The first-order valence-corrected chi connectivity index (χ1v) is 5.10. The summed E-state index contributed by atoms with van der Waals surface area (Å²) in [5.41, 5.74) is -0.547. The second-order valence-electron chi connectivity index (χ2n) is 3.05. The molecule has 0 aromatic heterocycles. The van der Waals surface area contributed by atoms with Gasteiger partial charge in [-0.05, 0) is 25.1 Å². The van der Waals surface area contributed by atoms with Crippen molar-refractivity contribution in [1.82, 2.24) is 0 Å². The van der Waals surface area contributed by atoms with Gasteiger partial charge in [0.05, 0.1) is 11.3 Å². The number of oxime groups is 1. The van der Waals surface area contributed by atoms with E-state index < -0.39 is 11.7 Å². The van der Waals surface area contributed by atoms with Crippen LogP contribution in [0.4, 0.5) is 13.2 Å². The summed E-state index contributed by atoms with van der Waals surface area (Å²) in [7, 11) is 1.29.